The lowest BCUT2D eigenvalue weighted by Crippen LogP contribution is -2.23. The Labute approximate surface area is 132 Å². The summed E-state index contributed by atoms with van der Waals surface area (Å²) in [6, 6.07) is 12.2. The van der Waals surface area contributed by atoms with Crippen LogP contribution in [0.5, 0.6) is 5.75 Å². The van der Waals surface area contributed by atoms with Crippen molar-refractivity contribution in [2.75, 3.05) is 11.9 Å². The summed E-state index contributed by atoms with van der Waals surface area (Å²) in [5.41, 5.74) is 3.38. The van der Waals surface area contributed by atoms with Crippen LogP contribution in [-0.2, 0) is 6.42 Å². The van der Waals surface area contributed by atoms with E-state index in [-0.39, 0.29) is 6.10 Å². The Hall–Kier alpha value is -1.19. The maximum absolute atomic E-state index is 6.12. The third kappa shape index (κ3) is 2.94. The zero-order valence-corrected chi connectivity index (χ0v) is 13.5. The molecule has 0 saturated carbocycles. The van der Waals surface area contributed by atoms with E-state index in [0.717, 1.165) is 39.5 Å². The van der Waals surface area contributed by atoms with E-state index in [4.69, 9.17) is 16.3 Å². The summed E-state index contributed by atoms with van der Waals surface area (Å²) in [7, 11) is 0. The second-order valence-electron chi connectivity index (χ2n) is 5.04. The summed E-state index contributed by atoms with van der Waals surface area (Å²) in [6.45, 7) is 2.77. The fourth-order valence-electron chi connectivity index (χ4n) is 2.34. The van der Waals surface area contributed by atoms with Gasteiger partial charge >= 0.3 is 0 Å². The van der Waals surface area contributed by atoms with Crippen LogP contribution in [0.15, 0.2) is 40.9 Å². The zero-order chi connectivity index (χ0) is 14.1. The van der Waals surface area contributed by atoms with Crippen molar-refractivity contribution in [1.82, 2.24) is 0 Å². The van der Waals surface area contributed by atoms with Crippen LogP contribution in [0.3, 0.4) is 0 Å². The van der Waals surface area contributed by atoms with Gasteiger partial charge in [0, 0.05) is 21.6 Å². The fraction of sp³-hybridized carbons (Fsp3) is 0.250. The second-order valence-corrected chi connectivity index (χ2v) is 6.36. The number of benzene rings is 2. The predicted octanol–water partition coefficient (Wildman–Crippen LogP) is 4.83. The molecule has 2 aromatic rings. The van der Waals surface area contributed by atoms with Gasteiger partial charge in [0.1, 0.15) is 11.9 Å². The van der Waals surface area contributed by atoms with E-state index in [1.165, 1.54) is 5.56 Å². The molecule has 0 spiro atoms. The van der Waals surface area contributed by atoms with E-state index >= 15 is 0 Å². The number of ether oxygens (including phenoxy) is 1. The molecule has 2 aromatic carbocycles. The first-order chi connectivity index (χ1) is 9.61. The van der Waals surface area contributed by atoms with Crippen LogP contribution in [0.4, 0.5) is 5.69 Å². The molecule has 104 valence electrons. The van der Waals surface area contributed by atoms with E-state index in [9.17, 15) is 0 Å². The van der Waals surface area contributed by atoms with E-state index in [0.29, 0.717) is 0 Å². The minimum absolute atomic E-state index is 0.166. The van der Waals surface area contributed by atoms with Crippen molar-refractivity contribution in [3.8, 4) is 5.75 Å². The normalized spacial score (nSPS) is 16.6. The third-order valence-corrected chi connectivity index (χ3v) is 4.37. The molecule has 0 aliphatic carbocycles. The molecule has 2 nitrogen and oxygen atoms in total. The van der Waals surface area contributed by atoms with E-state index in [2.05, 4.69) is 27.3 Å². The number of hydrogen-bond acceptors (Lipinski definition) is 2. The van der Waals surface area contributed by atoms with Crippen LogP contribution in [0, 0.1) is 6.92 Å². The lowest BCUT2D eigenvalue weighted by atomic mass is 10.1. The highest BCUT2D eigenvalue weighted by atomic mass is 79.9. The monoisotopic (exact) mass is 351 g/mol. The van der Waals surface area contributed by atoms with Gasteiger partial charge in [-0.25, -0.2) is 0 Å². The van der Waals surface area contributed by atoms with Crippen molar-refractivity contribution >= 4 is 33.2 Å². The number of hydrogen-bond donors (Lipinski definition) is 1. The first kappa shape index (κ1) is 13.8. The molecule has 1 heterocycles. The molecule has 0 bridgehead atoms. The van der Waals surface area contributed by atoms with Gasteiger partial charge in [-0.1, -0.05) is 33.6 Å². The maximum Gasteiger partial charge on any atom is 0.123 e. The summed E-state index contributed by atoms with van der Waals surface area (Å²) in [6.07, 6.45) is 1.10. The largest absolute Gasteiger partial charge is 0.488 e. The Bertz CT molecular complexity index is 644. The molecular formula is C16H15BrClNO. The summed E-state index contributed by atoms with van der Waals surface area (Å²) in [5, 5.41) is 4.17. The highest BCUT2D eigenvalue weighted by Crippen LogP contribution is 2.31. The van der Waals surface area contributed by atoms with Gasteiger partial charge in [0.25, 0.3) is 0 Å². The molecule has 0 radical (unpaired) electrons. The average Bonchev–Trinajstić information content (AvgIpc) is 2.82. The van der Waals surface area contributed by atoms with Gasteiger partial charge < -0.3 is 10.1 Å². The van der Waals surface area contributed by atoms with Gasteiger partial charge in [0.2, 0.25) is 0 Å². The Morgan fingerprint density at radius 1 is 1.30 bits per heavy atom. The molecule has 1 aliphatic rings. The van der Waals surface area contributed by atoms with Crippen molar-refractivity contribution in [2.24, 2.45) is 0 Å². The Balaban J connectivity index is 1.62. The zero-order valence-electron chi connectivity index (χ0n) is 11.1. The van der Waals surface area contributed by atoms with Crippen molar-refractivity contribution in [3.05, 3.63) is 57.0 Å². The van der Waals surface area contributed by atoms with Gasteiger partial charge in [-0.15, -0.1) is 0 Å². The topological polar surface area (TPSA) is 21.3 Å². The first-order valence-electron chi connectivity index (χ1n) is 6.57. The molecule has 0 saturated heterocycles. The van der Waals surface area contributed by atoms with Gasteiger partial charge in [-0.2, -0.15) is 0 Å². The van der Waals surface area contributed by atoms with Crippen LogP contribution in [0.1, 0.15) is 11.1 Å². The average molecular weight is 353 g/mol. The highest BCUT2D eigenvalue weighted by molar-refractivity contribution is 9.10. The van der Waals surface area contributed by atoms with Crippen LogP contribution in [0.2, 0.25) is 5.02 Å². The smallest absolute Gasteiger partial charge is 0.123 e. The lowest BCUT2D eigenvalue weighted by Gasteiger charge is -2.13. The van der Waals surface area contributed by atoms with Gasteiger partial charge in [-0.3, -0.25) is 0 Å². The molecular weight excluding hydrogens is 338 g/mol. The highest BCUT2D eigenvalue weighted by Gasteiger charge is 2.22. The van der Waals surface area contributed by atoms with Gasteiger partial charge in [-0.05, 0) is 48.4 Å². The molecule has 0 amide bonds. The minimum Gasteiger partial charge on any atom is -0.488 e. The second kappa shape index (κ2) is 5.66. The molecule has 1 aliphatic heterocycles. The Morgan fingerprint density at radius 3 is 2.95 bits per heavy atom. The standard InChI is InChI=1S/C16H15BrClNO/c1-10-2-4-13(8-15(10)18)19-9-14-7-11-6-12(17)3-5-16(11)20-14/h2-6,8,14,19H,7,9H2,1H3. The molecule has 20 heavy (non-hydrogen) atoms. The number of aryl methyl sites for hydroxylation is 1. The number of nitrogens with one attached hydrogen (secondary N) is 1. The van der Waals surface area contributed by atoms with Crippen molar-refractivity contribution < 1.29 is 4.74 Å². The van der Waals surface area contributed by atoms with Crippen LogP contribution in [-0.4, -0.2) is 12.6 Å². The van der Waals surface area contributed by atoms with E-state index in [1.54, 1.807) is 0 Å². The molecule has 0 fully saturated rings. The summed E-state index contributed by atoms with van der Waals surface area (Å²) in [5.74, 6) is 0.988. The van der Waals surface area contributed by atoms with Crippen molar-refractivity contribution in [2.45, 2.75) is 19.4 Å². The third-order valence-electron chi connectivity index (χ3n) is 3.47. The molecule has 3 rings (SSSR count). The van der Waals surface area contributed by atoms with Crippen LogP contribution >= 0.6 is 27.5 Å². The molecule has 1 N–H and O–H groups in total. The molecule has 4 heteroatoms. The van der Waals surface area contributed by atoms with Crippen molar-refractivity contribution in [1.29, 1.82) is 0 Å². The maximum atomic E-state index is 6.12. The minimum atomic E-state index is 0.166. The molecule has 1 unspecified atom stereocenters. The van der Waals surface area contributed by atoms with Gasteiger partial charge in [0.15, 0.2) is 0 Å². The summed E-state index contributed by atoms with van der Waals surface area (Å²) < 4.78 is 7.02. The summed E-state index contributed by atoms with van der Waals surface area (Å²) >= 11 is 9.61. The first-order valence-corrected chi connectivity index (χ1v) is 7.74. The number of halogens is 2. The van der Waals surface area contributed by atoms with Gasteiger partial charge in [0.05, 0.1) is 6.54 Å². The Morgan fingerprint density at radius 2 is 2.15 bits per heavy atom. The quantitative estimate of drug-likeness (QED) is 0.854. The number of fused-ring (bicyclic) bond motifs is 1. The van der Waals surface area contributed by atoms with Crippen LogP contribution < -0.4 is 10.1 Å². The Kier molecular flexibility index (Phi) is 3.90. The fourth-order valence-corrected chi connectivity index (χ4v) is 2.93. The van der Waals surface area contributed by atoms with Crippen molar-refractivity contribution in [3.63, 3.8) is 0 Å². The molecule has 1 atom stereocenters. The van der Waals surface area contributed by atoms with E-state index < -0.39 is 0 Å². The number of anilines is 1. The SMILES string of the molecule is Cc1ccc(NCC2Cc3cc(Br)ccc3O2)cc1Cl. The van der Waals surface area contributed by atoms with Crippen LogP contribution in [0.25, 0.3) is 0 Å². The van der Waals surface area contributed by atoms with E-state index in [1.807, 2.05) is 37.3 Å². The summed E-state index contributed by atoms with van der Waals surface area (Å²) in [4.78, 5) is 0. The number of rotatable bonds is 3. The molecule has 0 aromatic heterocycles. The lowest BCUT2D eigenvalue weighted by molar-refractivity contribution is 0.246. The predicted molar refractivity (Wildman–Crippen MR) is 86.9 cm³/mol.